The summed E-state index contributed by atoms with van der Waals surface area (Å²) in [5, 5.41) is 8.61. The largest absolute Gasteiger partial charge is 0.193 e. The lowest BCUT2D eigenvalue weighted by atomic mass is 9.91. The number of rotatable bonds is 3. The molecule has 0 spiro atoms. The average molecular weight is 235 g/mol. The number of benzene rings is 1. The smallest absolute Gasteiger partial charge is 0.0912 e. The molecule has 0 radical (unpaired) electrons. The molecule has 0 saturated carbocycles. The Hall–Kier alpha value is -2.07. The lowest BCUT2D eigenvalue weighted by Gasteiger charge is -2.15. The maximum atomic E-state index is 8.61. The fraction of sp³-hybridized carbons (Fsp3) is 0.235. The van der Waals surface area contributed by atoms with E-state index >= 15 is 0 Å². The van der Waals surface area contributed by atoms with Crippen LogP contribution in [0.4, 0.5) is 0 Å². The Kier molecular flexibility index (Phi) is 4.55. The van der Waals surface area contributed by atoms with Gasteiger partial charge in [0, 0.05) is 6.08 Å². The maximum Gasteiger partial charge on any atom is 0.0912 e. The summed E-state index contributed by atoms with van der Waals surface area (Å²) in [6, 6.07) is 12.4. The third-order valence-corrected chi connectivity index (χ3v) is 3.19. The molecule has 0 heterocycles. The lowest BCUT2D eigenvalue weighted by Crippen LogP contribution is -1.95. The van der Waals surface area contributed by atoms with E-state index in [1.54, 1.807) is 6.08 Å². The molecule has 1 aliphatic rings. The van der Waals surface area contributed by atoms with Gasteiger partial charge in [-0.1, -0.05) is 42.5 Å². The van der Waals surface area contributed by atoms with Crippen molar-refractivity contribution in [1.29, 1.82) is 5.26 Å². The predicted octanol–water partition coefficient (Wildman–Crippen LogP) is 4.65. The van der Waals surface area contributed by atoms with E-state index in [2.05, 4.69) is 30.4 Å². The standard InChI is InChI=1S/C17H17N/c18-14-6-11-16-9-4-5-10-17(16)13-12-15-7-2-1-3-8-15/h1-3,6-8,11-13H,4-5,9-10H2/b11-6+,13-12+. The molecule has 0 atom stereocenters. The van der Waals surface area contributed by atoms with Crippen molar-refractivity contribution in [3.8, 4) is 6.07 Å². The maximum absolute atomic E-state index is 8.61. The van der Waals surface area contributed by atoms with Crippen LogP contribution in [0, 0.1) is 11.3 Å². The second kappa shape index (κ2) is 6.61. The fourth-order valence-corrected chi connectivity index (χ4v) is 2.23. The van der Waals surface area contributed by atoms with Crippen molar-refractivity contribution in [2.75, 3.05) is 0 Å². The molecular formula is C17H17N. The SMILES string of the molecule is N#C/C=C/C1=C(/C=C/c2ccccc2)CCCC1. The highest BCUT2D eigenvalue weighted by Gasteiger charge is 2.07. The minimum Gasteiger partial charge on any atom is -0.193 e. The zero-order valence-corrected chi connectivity index (χ0v) is 10.5. The first-order chi connectivity index (χ1) is 8.90. The first-order valence-electron chi connectivity index (χ1n) is 6.41. The van der Waals surface area contributed by atoms with E-state index in [0.717, 1.165) is 12.8 Å². The highest BCUT2D eigenvalue weighted by atomic mass is 14.2. The number of nitrogens with zero attached hydrogens (tertiary/aromatic N) is 1. The highest BCUT2D eigenvalue weighted by molar-refractivity contribution is 5.54. The molecule has 0 saturated heterocycles. The van der Waals surface area contributed by atoms with Gasteiger partial charge in [0.15, 0.2) is 0 Å². The van der Waals surface area contributed by atoms with Crippen LogP contribution in [0.25, 0.3) is 6.08 Å². The Labute approximate surface area is 109 Å². The van der Waals surface area contributed by atoms with E-state index in [0.29, 0.717) is 0 Å². The Morgan fingerprint density at radius 3 is 2.22 bits per heavy atom. The molecule has 0 N–H and O–H groups in total. The van der Waals surface area contributed by atoms with Crippen LogP contribution in [-0.4, -0.2) is 0 Å². The van der Waals surface area contributed by atoms with Crippen LogP contribution < -0.4 is 0 Å². The molecule has 0 bridgehead atoms. The summed E-state index contributed by atoms with van der Waals surface area (Å²) in [4.78, 5) is 0. The summed E-state index contributed by atoms with van der Waals surface area (Å²) in [7, 11) is 0. The van der Waals surface area contributed by atoms with Crippen LogP contribution >= 0.6 is 0 Å². The fourth-order valence-electron chi connectivity index (χ4n) is 2.23. The minimum absolute atomic E-state index is 1.09. The van der Waals surface area contributed by atoms with Gasteiger partial charge in [0.25, 0.3) is 0 Å². The summed E-state index contributed by atoms with van der Waals surface area (Å²) < 4.78 is 0. The summed E-state index contributed by atoms with van der Waals surface area (Å²) in [6.45, 7) is 0. The van der Waals surface area contributed by atoms with Crippen molar-refractivity contribution >= 4 is 6.08 Å². The van der Waals surface area contributed by atoms with Crippen molar-refractivity contribution in [3.63, 3.8) is 0 Å². The quantitative estimate of drug-likeness (QED) is 0.699. The van der Waals surface area contributed by atoms with Crippen LogP contribution in [0.3, 0.4) is 0 Å². The third-order valence-electron chi connectivity index (χ3n) is 3.19. The van der Waals surface area contributed by atoms with E-state index in [1.807, 2.05) is 24.3 Å². The van der Waals surface area contributed by atoms with E-state index in [9.17, 15) is 0 Å². The Morgan fingerprint density at radius 2 is 1.56 bits per heavy atom. The molecule has 1 nitrogen and oxygen atoms in total. The molecule has 0 aliphatic heterocycles. The molecular weight excluding hydrogens is 218 g/mol. The molecule has 1 aromatic carbocycles. The van der Waals surface area contributed by atoms with Crippen LogP contribution in [0.1, 0.15) is 31.2 Å². The topological polar surface area (TPSA) is 23.8 Å². The predicted molar refractivity (Wildman–Crippen MR) is 75.7 cm³/mol. The molecule has 1 heteroatoms. The summed E-state index contributed by atoms with van der Waals surface area (Å²) in [6.07, 6.45) is 12.6. The van der Waals surface area contributed by atoms with Crippen LogP contribution in [0.15, 0.2) is 59.7 Å². The van der Waals surface area contributed by atoms with Gasteiger partial charge in [-0.25, -0.2) is 0 Å². The van der Waals surface area contributed by atoms with Crippen LogP contribution in [0.5, 0.6) is 0 Å². The minimum atomic E-state index is 1.09. The second-order valence-corrected chi connectivity index (χ2v) is 4.46. The van der Waals surface area contributed by atoms with Crippen molar-refractivity contribution in [3.05, 3.63) is 65.3 Å². The molecule has 0 unspecified atom stereocenters. The van der Waals surface area contributed by atoms with Gasteiger partial charge in [-0.3, -0.25) is 0 Å². The normalized spacial score (nSPS) is 16.4. The van der Waals surface area contributed by atoms with Gasteiger partial charge < -0.3 is 0 Å². The number of hydrogen-bond acceptors (Lipinski definition) is 1. The monoisotopic (exact) mass is 235 g/mol. The molecule has 18 heavy (non-hydrogen) atoms. The number of nitriles is 1. The Bertz CT molecular complexity index is 512. The van der Waals surface area contributed by atoms with E-state index < -0.39 is 0 Å². The number of hydrogen-bond donors (Lipinski definition) is 0. The van der Waals surface area contributed by atoms with Gasteiger partial charge in [0.05, 0.1) is 6.07 Å². The zero-order valence-electron chi connectivity index (χ0n) is 10.5. The molecule has 90 valence electrons. The van der Waals surface area contributed by atoms with Crippen LogP contribution in [-0.2, 0) is 0 Å². The van der Waals surface area contributed by atoms with Gasteiger partial charge >= 0.3 is 0 Å². The molecule has 1 aromatic rings. The summed E-state index contributed by atoms with van der Waals surface area (Å²) in [5.74, 6) is 0. The Balaban J connectivity index is 2.19. The third kappa shape index (κ3) is 3.46. The lowest BCUT2D eigenvalue weighted by molar-refractivity contribution is 0.694. The van der Waals surface area contributed by atoms with E-state index in [4.69, 9.17) is 5.26 Å². The van der Waals surface area contributed by atoms with Crippen molar-refractivity contribution < 1.29 is 0 Å². The first kappa shape index (κ1) is 12.4. The van der Waals surface area contributed by atoms with Gasteiger partial charge in [0.2, 0.25) is 0 Å². The molecule has 1 aliphatic carbocycles. The van der Waals surface area contributed by atoms with Gasteiger partial charge in [0.1, 0.15) is 0 Å². The van der Waals surface area contributed by atoms with Gasteiger partial charge in [-0.15, -0.1) is 0 Å². The van der Waals surface area contributed by atoms with Gasteiger partial charge in [-0.2, -0.15) is 5.26 Å². The van der Waals surface area contributed by atoms with Crippen molar-refractivity contribution in [2.45, 2.75) is 25.7 Å². The Morgan fingerprint density at radius 1 is 0.889 bits per heavy atom. The molecule has 0 amide bonds. The molecule has 0 aromatic heterocycles. The van der Waals surface area contributed by atoms with Gasteiger partial charge in [-0.05, 0) is 48.5 Å². The highest BCUT2D eigenvalue weighted by Crippen LogP contribution is 2.27. The second-order valence-electron chi connectivity index (χ2n) is 4.46. The first-order valence-corrected chi connectivity index (χ1v) is 6.41. The molecule has 0 fully saturated rings. The molecule has 2 rings (SSSR count). The zero-order chi connectivity index (χ0) is 12.6. The van der Waals surface area contributed by atoms with Crippen molar-refractivity contribution in [2.24, 2.45) is 0 Å². The van der Waals surface area contributed by atoms with Crippen molar-refractivity contribution in [1.82, 2.24) is 0 Å². The van der Waals surface area contributed by atoms with E-state index in [-0.39, 0.29) is 0 Å². The van der Waals surface area contributed by atoms with Crippen LogP contribution in [0.2, 0.25) is 0 Å². The number of allylic oxidation sites excluding steroid dienone is 5. The summed E-state index contributed by atoms with van der Waals surface area (Å²) >= 11 is 0. The summed E-state index contributed by atoms with van der Waals surface area (Å²) in [5.41, 5.74) is 3.91. The average Bonchev–Trinajstić information content (AvgIpc) is 2.45. The van der Waals surface area contributed by atoms with E-state index in [1.165, 1.54) is 29.6 Å².